The lowest BCUT2D eigenvalue weighted by molar-refractivity contribution is -0.109. The summed E-state index contributed by atoms with van der Waals surface area (Å²) in [5.41, 5.74) is 0. The van der Waals surface area contributed by atoms with E-state index in [9.17, 15) is 4.79 Å². The van der Waals surface area contributed by atoms with Crippen molar-refractivity contribution in [3.63, 3.8) is 0 Å². The summed E-state index contributed by atoms with van der Waals surface area (Å²) in [6.07, 6.45) is 4.02. The van der Waals surface area contributed by atoms with E-state index < -0.39 is 0 Å². The molecule has 1 rings (SSSR count). The number of carbonyl (C=O) groups excluding carboxylic acids is 1. The first-order valence-electron chi connectivity index (χ1n) is 3.84. The Kier molecular flexibility index (Phi) is 5.44. The van der Waals surface area contributed by atoms with Gasteiger partial charge in [0.25, 0.3) is 0 Å². The first-order chi connectivity index (χ1) is 6.59. The molecule has 0 bridgehead atoms. The number of rotatable bonds is 3. The molecule has 1 heterocycles. The third-order valence-corrected chi connectivity index (χ3v) is 5.32. The molecule has 14 heavy (non-hydrogen) atoms. The number of halogens is 2. The molecule has 0 fully saturated rings. The molecule has 0 radical (unpaired) electrons. The summed E-state index contributed by atoms with van der Waals surface area (Å²) in [6, 6.07) is 2.05. The maximum absolute atomic E-state index is 10.6. The SMILES string of the molecule is CC(=O)SCC=Cc1cc(Br)c(Br)s1. The van der Waals surface area contributed by atoms with Crippen LogP contribution in [0, 0.1) is 0 Å². The highest BCUT2D eigenvalue weighted by Crippen LogP contribution is 2.32. The number of hydrogen-bond acceptors (Lipinski definition) is 3. The second-order valence-corrected chi connectivity index (χ2v) is 6.93. The predicted octanol–water partition coefficient (Wildman–Crippen LogP) is 4.57. The molecular weight excluding hydrogens is 348 g/mol. The Morgan fingerprint density at radius 3 is 2.86 bits per heavy atom. The van der Waals surface area contributed by atoms with Crippen LogP contribution in [0.2, 0.25) is 0 Å². The molecule has 0 N–H and O–H groups in total. The van der Waals surface area contributed by atoms with Crippen LogP contribution in [-0.4, -0.2) is 10.9 Å². The number of carbonyl (C=O) groups is 1. The molecule has 0 amide bonds. The van der Waals surface area contributed by atoms with Crippen LogP contribution in [0.4, 0.5) is 0 Å². The van der Waals surface area contributed by atoms with Gasteiger partial charge in [-0.25, -0.2) is 0 Å². The molecular formula is C9H8Br2OS2. The summed E-state index contributed by atoms with van der Waals surface area (Å²) in [6.45, 7) is 1.58. The van der Waals surface area contributed by atoms with Crippen molar-refractivity contribution in [2.24, 2.45) is 0 Å². The minimum atomic E-state index is 0.156. The summed E-state index contributed by atoms with van der Waals surface area (Å²) in [7, 11) is 0. The molecule has 0 atom stereocenters. The molecule has 0 spiro atoms. The summed E-state index contributed by atoms with van der Waals surface area (Å²) in [5, 5.41) is 0.156. The Morgan fingerprint density at radius 2 is 2.36 bits per heavy atom. The Balaban J connectivity index is 2.48. The second-order valence-electron chi connectivity index (χ2n) is 2.48. The molecule has 1 aromatic rings. The van der Waals surface area contributed by atoms with Crippen LogP contribution in [0.5, 0.6) is 0 Å². The fraction of sp³-hybridized carbons (Fsp3) is 0.222. The zero-order valence-electron chi connectivity index (χ0n) is 7.42. The molecule has 1 aromatic heterocycles. The van der Waals surface area contributed by atoms with Crippen molar-refractivity contribution in [2.75, 3.05) is 5.75 Å². The Hall–Kier alpha value is 0.420. The van der Waals surface area contributed by atoms with Gasteiger partial charge in [-0.2, -0.15) is 0 Å². The fourth-order valence-electron chi connectivity index (χ4n) is 0.775. The van der Waals surface area contributed by atoms with Crippen molar-refractivity contribution < 1.29 is 4.79 Å². The van der Waals surface area contributed by atoms with Crippen molar-refractivity contribution in [1.29, 1.82) is 0 Å². The normalized spacial score (nSPS) is 11.1. The zero-order chi connectivity index (χ0) is 10.6. The van der Waals surface area contributed by atoms with Crippen LogP contribution in [0.25, 0.3) is 6.08 Å². The summed E-state index contributed by atoms with van der Waals surface area (Å²) >= 11 is 9.82. The molecule has 76 valence electrons. The number of hydrogen-bond donors (Lipinski definition) is 0. The van der Waals surface area contributed by atoms with Gasteiger partial charge in [0.1, 0.15) is 0 Å². The lowest BCUT2D eigenvalue weighted by Gasteiger charge is -1.87. The van der Waals surface area contributed by atoms with Crippen LogP contribution in [-0.2, 0) is 4.79 Å². The second kappa shape index (κ2) is 6.10. The van der Waals surface area contributed by atoms with Crippen LogP contribution < -0.4 is 0 Å². The summed E-state index contributed by atoms with van der Waals surface area (Å²) in [4.78, 5) is 11.8. The van der Waals surface area contributed by atoms with E-state index >= 15 is 0 Å². The molecule has 5 heteroatoms. The van der Waals surface area contributed by atoms with Gasteiger partial charge in [-0.1, -0.05) is 17.8 Å². The molecule has 0 saturated carbocycles. The highest BCUT2D eigenvalue weighted by Gasteiger charge is 2.00. The Bertz CT molecular complexity index is 338. The largest absolute Gasteiger partial charge is 0.288 e. The van der Waals surface area contributed by atoms with E-state index in [0.29, 0.717) is 0 Å². The molecule has 0 aliphatic carbocycles. The van der Waals surface area contributed by atoms with Gasteiger partial charge in [0, 0.05) is 22.0 Å². The minimum absolute atomic E-state index is 0.156. The first kappa shape index (κ1) is 12.5. The Morgan fingerprint density at radius 1 is 1.64 bits per heavy atom. The van der Waals surface area contributed by atoms with Gasteiger partial charge in [0.2, 0.25) is 0 Å². The van der Waals surface area contributed by atoms with E-state index in [0.717, 1.165) is 14.0 Å². The summed E-state index contributed by atoms with van der Waals surface area (Å²) in [5.74, 6) is 0.739. The first-order valence-corrected chi connectivity index (χ1v) is 7.23. The van der Waals surface area contributed by atoms with E-state index in [1.165, 1.54) is 16.6 Å². The van der Waals surface area contributed by atoms with Crippen molar-refractivity contribution in [3.8, 4) is 0 Å². The zero-order valence-corrected chi connectivity index (χ0v) is 12.2. The highest BCUT2D eigenvalue weighted by molar-refractivity contribution is 9.13. The van der Waals surface area contributed by atoms with Gasteiger partial charge in [0.15, 0.2) is 5.12 Å². The topological polar surface area (TPSA) is 17.1 Å². The van der Waals surface area contributed by atoms with Gasteiger partial charge in [0.05, 0.1) is 3.79 Å². The molecule has 0 aliphatic heterocycles. The van der Waals surface area contributed by atoms with E-state index in [1.807, 2.05) is 18.2 Å². The van der Waals surface area contributed by atoms with Crippen molar-refractivity contribution in [2.45, 2.75) is 6.92 Å². The minimum Gasteiger partial charge on any atom is -0.288 e. The molecule has 0 aromatic carbocycles. The number of thioether (sulfide) groups is 1. The van der Waals surface area contributed by atoms with Gasteiger partial charge in [-0.05, 0) is 44.0 Å². The van der Waals surface area contributed by atoms with Crippen molar-refractivity contribution >= 4 is 66.1 Å². The highest BCUT2D eigenvalue weighted by atomic mass is 79.9. The molecule has 0 unspecified atom stereocenters. The molecule has 1 nitrogen and oxygen atoms in total. The van der Waals surface area contributed by atoms with Gasteiger partial charge < -0.3 is 0 Å². The van der Waals surface area contributed by atoms with Crippen LogP contribution in [0.1, 0.15) is 11.8 Å². The smallest absolute Gasteiger partial charge is 0.186 e. The van der Waals surface area contributed by atoms with Gasteiger partial charge in [-0.15, -0.1) is 11.3 Å². The third-order valence-electron chi connectivity index (χ3n) is 1.33. The van der Waals surface area contributed by atoms with Crippen LogP contribution in [0.3, 0.4) is 0 Å². The monoisotopic (exact) mass is 354 g/mol. The fourth-order valence-corrected chi connectivity index (χ4v) is 3.22. The van der Waals surface area contributed by atoms with E-state index in [-0.39, 0.29) is 5.12 Å². The third kappa shape index (κ3) is 4.29. The van der Waals surface area contributed by atoms with Gasteiger partial charge >= 0.3 is 0 Å². The lowest BCUT2D eigenvalue weighted by atomic mass is 10.4. The number of thiophene rings is 1. The quantitative estimate of drug-likeness (QED) is 0.790. The average Bonchev–Trinajstić information content (AvgIpc) is 2.40. The van der Waals surface area contributed by atoms with E-state index in [4.69, 9.17) is 0 Å². The predicted molar refractivity (Wildman–Crippen MR) is 71.9 cm³/mol. The van der Waals surface area contributed by atoms with Crippen LogP contribution in [0.15, 0.2) is 20.4 Å². The van der Waals surface area contributed by atoms with E-state index in [2.05, 4.69) is 31.9 Å². The van der Waals surface area contributed by atoms with E-state index in [1.54, 1.807) is 18.3 Å². The average molecular weight is 356 g/mol. The summed E-state index contributed by atoms with van der Waals surface area (Å²) < 4.78 is 2.16. The maximum Gasteiger partial charge on any atom is 0.186 e. The van der Waals surface area contributed by atoms with Crippen molar-refractivity contribution in [1.82, 2.24) is 0 Å². The van der Waals surface area contributed by atoms with Crippen LogP contribution >= 0.6 is 55.0 Å². The Labute approximate surface area is 108 Å². The lowest BCUT2D eigenvalue weighted by Crippen LogP contribution is -1.80. The standard InChI is InChI=1S/C9H8Br2OS2/c1-6(12)13-4-2-3-7-5-8(10)9(11)14-7/h2-3,5H,4H2,1H3. The van der Waals surface area contributed by atoms with Gasteiger partial charge in [-0.3, -0.25) is 4.79 Å². The molecule has 0 saturated heterocycles. The van der Waals surface area contributed by atoms with Crippen molar-refractivity contribution in [3.05, 3.63) is 25.3 Å². The molecule has 0 aliphatic rings. The maximum atomic E-state index is 10.6.